The molecule has 1 heterocycles. The number of amides is 3. The first-order chi connectivity index (χ1) is 28.1. The number of rotatable bonds is 20. The molecule has 5 rings (SSSR count). The molecule has 1 aliphatic rings. The van der Waals surface area contributed by atoms with Gasteiger partial charge in [0.15, 0.2) is 0 Å². The van der Waals surface area contributed by atoms with Crippen LogP contribution in [-0.2, 0) is 51.3 Å². The summed E-state index contributed by atoms with van der Waals surface area (Å²) >= 11 is 1.49. The van der Waals surface area contributed by atoms with Crippen LogP contribution in [0.2, 0.25) is 0 Å². The third-order valence-electron chi connectivity index (χ3n) is 10.5. The largest absolute Gasteiger partial charge is 0.466 e. The molecule has 0 fully saturated rings. The first-order valence-electron chi connectivity index (χ1n) is 20.4. The van der Waals surface area contributed by atoms with Crippen LogP contribution >= 0.6 is 11.3 Å². The van der Waals surface area contributed by atoms with Gasteiger partial charge in [-0.25, -0.2) is 4.79 Å². The molecule has 12 heteroatoms. The Morgan fingerprint density at radius 2 is 1.47 bits per heavy atom. The molecule has 308 valence electrons. The van der Waals surface area contributed by atoms with E-state index in [-0.39, 0.29) is 48.5 Å². The number of thiophene rings is 1. The van der Waals surface area contributed by atoms with Crippen LogP contribution in [0.15, 0.2) is 72.8 Å². The fraction of sp³-hybridized carbons (Fsp3) is 0.413. The Labute approximate surface area is 345 Å². The summed E-state index contributed by atoms with van der Waals surface area (Å²) in [5.41, 5.74) is 6.45. The summed E-state index contributed by atoms with van der Waals surface area (Å²) in [7, 11) is 1.37. The first kappa shape index (κ1) is 43.8. The lowest BCUT2D eigenvalue weighted by atomic mass is 9.95. The van der Waals surface area contributed by atoms with Crippen LogP contribution in [0.1, 0.15) is 118 Å². The maximum Gasteiger partial charge on any atom is 0.337 e. The van der Waals surface area contributed by atoms with E-state index in [0.717, 1.165) is 78.5 Å². The van der Waals surface area contributed by atoms with Gasteiger partial charge in [-0.2, -0.15) is 0 Å². The highest BCUT2D eigenvalue weighted by molar-refractivity contribution is 7.17. The summed E-state index contributed by atoms with van der Waals surface area (Å²) < 4.78 is 9.71. The molecule has 0 saturated carbocycles. The van der Waals surface area contributed by atoms with E-state index in [1.165, 1.54) is 18.4 Å². The van der Waals surface area contributed by atoms with Crippen LogP contribution in [0.3, 0.4) is 0 Å². The van der Waals surface area contributed by atoms with E-state index in [1.54, 1.807) is 25.1 Å². The molecule has 3 N–H and O–H groups in total. The predicted octanol–water partition coefficient (Wildman–Crippen LogP) is 8.15. The van der Waals surface area contributed by atoms with Gasteiger partial charge < -0.3 is 25.4 Å². The van der Waals surface area contributed by atoms with Crippen molar-refractivity contribution in [3.05, 3.63) is 117 Å². The molecule has 0 aliphatic heterocycles. The van der Waals surface area contributed by atoms with Crippen molar-refractivity contribution in [3.63, 3.8) is 0 Å². The zero-order valence-electron chi connectivity index (χ0n) is 34.1. The molecule has 0 spiro atoms. The number of ether oxygens (including phenoxy) is 2. The molecule has 0 radical (unpaired) electrons. The lowest BCUT2D eigenvalue weighted by molar-refractivity contribution is -0.144. The highest BCUT2D eigenvalue weighted by Crippen LogP contribution is 2.39. The average Bonchev–Trinajstić information content (AvgIpc) is 3.61. The SMILES string of the molecule is CCOC(=O)CCC(=O)NCCN(Cc1cccc(C(=O)Nc2sc3c(c2C(=O)Nc2ccc(CCc4ccc(C(=O)OC)cc4)cc2)CCCC3)c1)C(CC)CC. The minimum atomic E-state index is -0.379. The summed E-state index contributed by atoms with van der Waals surface area (Å²) in [5, 5.41) is 9.68. The van der Waals surface area contributed by atoms with E-state index in [1.807, 2.05) is 54.6 Å². The maximum absolute atomic E-state index is 14.0. The molecule has 4 aromatic rings. The molecule has 0 unspecified atom stereocenters. The Kier molecular flexibility index (Phi) is 16.6. The van der Waals surface area contributed by atoms with Gasteiger partial charge in [0, 0.05) is 48.2 Å². The minimum Gasteiger partial charge on any atom is -0.466 e. The van der Waals surface area contributed by atoms with E-state index >= 15 is 0 Å². The van der Waals surface area contributed by atoms with Gasteiger partial charge in [-0.3, -0.25) is 24.1 Å². The number of nitrogens with zero attached hydrogens (tertiary/aromatic N) is 1. The second-order valence-electron chi connectivity index (χ2n) is 14.5. The van der Waals surface area contributed by atoms with Gasteiger partial charge in [0.1, 0.15) is 5.00 Å². The Hall–Kier alpha value is -5.33. The Morgan fingerprint density at radius 3 is 2.14 bits per heavy atom. The topological polar surface area (TPSA) is 143 Å². The predicted molar refractivity (Wildman–Crippen MR) is 229 cm³/mol. The minimum absolute atomic E-state index is 0.0550. The van der Waals surface area contributed by atoms with Crippen molar-refractivity contribution in [1.82, 2.24) is 10.2 Å². The third kappa shape index (κ3) is 12.3. The Balaban J connectivity index is 1.22. The van der Waals surface area contributed by atoms with Crippen LogP contribution in [0.5, 0.6) is 0 Å². The zero-order valence-corrected chi connectivity index (χ0v) is 34.9. The van der Waals surface area contributed by atoms with Crippen LogP contribution < -0.4 is 16.0 Å². The molecular weight excluding hydrogens is 753 g/mol. The second-order valence-corrected chi connectivity index (χ2v) is 15.6. The van der Waals surface area contributed by atoms with E-state index in [4.69, 9.17) is 9.47 Å². The number of nitrogens with one attached hydrogen (secondary N) is 3. The van der Waals surface area contributed by atoms with Gasteiger partial charge in [-0.1, -0.05) is 50.2 Å². The van der Waals surface area contributed by atoms with Crippen molar-refractivity contribution < 1.29 is 33.4 Å². The normalized spacial score (nSPS) is 12.2. The van der Waals surface area contributed by atoms with Gasteiger partial charge in [0.2, 0.25) is 5.91 Å². The molecule has 1 aromatic heterocycles. The van der Waals surface area contributed by atoms with Crippen molar-refractivity contribution >= 4 is 51.7 Å². The summed E-state index contributed by atoms with van der Waals surface area (Å²) in [4.78, 5) is 67.0. The molecule has 1 aliphatic carbocycles. The van der Waals surface area contributed by atoms with Gasteiger partial charge in [-0.05, 0) is 117 Å². The average molecular weight is 809 g/mol. The standard InChI is InChI=1S/C46H56N4O7S/c1-5-37(6-2)50(28-27-47-40(51)25-26-41(52)57-7-3)30-33-11-10-12-35(29-33)43(53)49-45-42(38-13-8-9-14-39(38)58-45)44(54)48-36-23-19-32(20-24-36)16-15-31-17-21-34(22-18-31)46(55)56-4/h10-12,17-24,29,37H,5-9,13-16,25-28,30H2,1-4H3,(H,47,51)(H,48,54)(H,49,53). The third-order valence-corrected chi connectivity index (χ3v) is 11.7. The summed E-state index contributed by atoms with van der Waals surface area (Å²) in [6, 6.07) is 23.1. The van der Waals surface area contributed by atoms with E-state index < -0.39 is 0 Å². The van der Waals surface area contributed by atoms with Crippen molar-refractivity contribution in [2.24, 2.45) is 0 Å². The molecule has 0 saturated heterocycles. The lowest BCUT2D eigenvalue weighted by Gasteiger charge is -2.30. The Bertz CT molecular complexity index is 2020. The number of hydrogen-bond acceptors (Lipinski definition) is 9. The molecule has 0 bridgehead atoms. The number of carbonyl (C=O) groups excluding carboxylic acids is 5. The van der Waals surface area contributed by atoms with Gasteiger partial charge in [-0.15, -0.1) is 11.3 Å². The maximum atomic E-state index is 14.0. The quantitative estimate of drug-likeness (QED) is 0.0760. The second kappa shape index (κ2) is 22.0. The van der Waals surface area contributed by atoms with Crippen molar-refractivity contribution in [1.29, 1.82) is 0 Å². The fourth-order valence-corrected chi connectivity index (χ4v) is 8.63. The number of hydrogen-bond donors (Lipinski definition) is 3. The molecule has 0 atom stereocenters. The highest BCUT2D eigenvalue weighted by atomic mass is 32.1. The van der Waals surface area contributed by atoms with Crippen molar-refractivity contribution in [3.8, 4) is 0 Å². The smallest absolute Gasteiger partial charge is 0.337 e. The summed E-state index contributed by atoms with van der Waals surface area (Å²) in [6.07, 6.45) is 7.31. The van der Waals surface area contributed by atoms with Crippen LogP contribution in [-0.4, -0.2) is 67.4 Å². The van der Waals surface area contributed by atoms with Crippen molar-refractivity contribution in [2.75, 3.05) is 37.4 Å². The Morgan fingerprint density at radius 1 is 0.776 bits per heavy atom. The number of benzene rings is 3. The number of aryl methyl sites for hydroxylation is 3. The van der Waals surface area contributed by atoms with Gasteiger partial charge >= 0.3 is 11.9 Å². The lowest BCUT2D eigenvalue weighted by Crippen LogP contribution is -2.40. The summed E-state index contributed by atoms with van der Waals surface area (Å²) in [6.45, 7) is 7.96. The number of carbonyl (C=O) groups is 5. The van der Waals surface area contributed by atoms with Crippen LogP contribution in [0.4, 0.5) is 10.7 Å². The molecule has 58 heavy (non-hydrogen) atoms. The number of esters is 2. The highest BCUT2D eigenvalue weighted by Gasteiger charge is 2.27. The van der Waals surface area contributed by atoms with Gasteiger partial charge in [0.25, 0.3) is 11.8 Å². The molecule has 11 nitrogen and oxygen atoms in total. The number of methoxy groups -OCH3 is 1. The van der Waals surface area contributed by atoms with Crippen LogP contribution in [0, 0.1) is 0 Å². The van der Waals surface area contributed by atoms with Crippen molar-refractivity contribution in [2.45, 2.75) is 97.6 Å². The van der Waals surface area contributed by atoms with E-state index in [2.05, 4.69) is 34.7 Å². The fourth-order valence-electron chi connectivity index (χ4n) is 7.35. The molecular formula is C46H56N4O7S. The summed E-state index contributed by atoms with van der Waals surface area (Å²) in [5.74, 6) is -1.44. The number of anilines is 2. The number of fused-ring (bicyclic) bond motifs is 1. The molecule has 3 amide bonds. The van der Waals surface area contributed by atoms with E-state index in [0.29, 0.717) is 53.6 Å². The first-order valence-corrected chi connectivity index (χ1v) is 21.2. The van der Waals surface area contributed by atoms with Gasteiger partial charge in [0.05, 0.1) is 31.3 Å². The van der Waals surface area contributed by atoms with Crippen LogP contribution in [0.25, 0.3) is 0 Å². The monoisotopic (exact) mass is 808 g/mol. The zero-order chi connectivity index (χ0) is 41.4. The van der Waals surface area contributed by atoms with E-state index in [9.17, 15) is 24.0 Å². The molecule has 3 aromatic carbocycles.